The van der Waals surface area contributed by atoms with Gasteiger partial charge in [0, 0.05) is 23.7 Å². The van der Waals surface area contributed by atoms with E-state index >= 15 is 0 Å². The highest BCUT2D eigenvalue weighted by molar-refractivity contribution is 5.21. The van der Waals surface area contributed by atoms with Crippen LogP contribution < -0.4 is 0 Å². The Morgan fingerprint density at radius 3 is 2.68 bits per heavy atom. The van der Waals surface area contributed by atoms with E-state index in [2.05, 4.69) is 42.9 Å². The van der Waals surface area contributed by atoms with Gasteiger partial charge in [0.25, 0.3) is 0 Å². The molecule has 108 valence electrons. The van der Waals surface area contributed by atoms with Gasteiger partial charge in [-0.1, -0.05) is 20.8 Å². The van der Waals surface area contributed by atoms with Crippen molar-refractivity contribution in [2.24, 2.45) is 5.41 Å². The standard InChI is InChI=1S/C16H29N3/c1-5-10-19(4)12-14-11-17-18-15(14)13-6-8-16(2,3)9-7-13/h11,13H,5-10,12H2,1-4H3,(H,17,18). The third-order valence-electron chi connectivity index (χ3n) is 4.54. The van der Waals surface area contributed by atoms with Gasteiger partial charge in [-0.15, -0.1) is 0 Å². The van der Waals surface area contributed by atoms with E-state index in [-0.39, 0.29) is 0 Å². The van der Waals surface area contributed by atoms with Gasteiger partial charge in [0.2, 0.25) is 0 Å². The van der Waals surface area contributed by atoms with Gasteiger partial charge >= 0.3 is 0 Å². The van der Waals surface area contributed by atoms with Crippen molar-refractivity contribution in [2.75, 3.05) is 13.6 Å². The van der Waals surface area contributed by atoms with Crippen LogP contribution in [-0.4, -0.2) is 28.7 Å². The van der Waals surface area contributed by atoms with Crippen LogP contribution in [0, 0.1) is 5.41 Å². The van der Waals surface area contributed by atoms with Gasteiger partial charge in [0.15, 0.2) is 0 Å². The highest BCUT2D eigenvalue weighted by atomic mass is 15.1. The van der Waals surface area contributed by atoms with E-state index in [0.29, 0.717) is 11.3 Å². The molecule has 0 atom stereocenters. The first-order valence-corrected chi connectivity index (χ1v) is 7.72. The second-order valence-corrected chi connectivity index (χ2v) is 6.99. The fraction of sp³-hybridized carbons (Fsp3) is 0.812. The van der Waals surface area contributed by atoms with E-state index in [1.165, 1.54) is 43.4 Å². The smallest absolute Gasteiger partial charge is 0.0535 e. The minimum atomic E-state index is 0.537. The van der Waals surface area contributed by atoms with Crippen molar-refractivity contribution < 1.29 is 0 Å². The maximum atomic E-state index is 4.30. The molecule has 1 aliphatic rings. The summed E-state index contributed by atoms with van der Waals surface area (Å²) in [5.41, 5.74) is 3.34. The van der Waals surface area contributed by atoms with Crippen LogP contribution in [0.3, 0.4) is 0 Å². The van der Waals surface area contributed by atoms with Crippen molar-refractivity contribution in [3.63, 3.8) is 0 Å². The first-order valence-electron chi connectivity index (χ1n) is 7.72. The van der Waals surface area contributed by atoms with E-state index in [9.17, 15) is 0 Å². The lowest BCUT2D eigenvalue weighted by Crippen LogP contribution is -2.23. The summed E-state index contributed by atoms with van der Waals surface area (Å²) < 4.78 is 0. The molecule has 19 heavy (non-hydrogen) atoms. The van der Waals surface area contributed by atoms with Gasteiger partial charge in [-0.3, -0.25) is 5.10 Å². The molecule has 1 aromatic rings. The zero-order valence-corrected chi connectivity index (χ0v) is 13.0. The van der Waals surface area contributed by atoms with E-state index in [1.807, 2.05) is 6.20 Å². The van der Waals surface area contributed by atoms with Crippen LogP contribution in [0.25, 0.3) is 0 Å². The quantitative estimate of drug-likeness (QED) is 0.872. The second kappa shape index (κ2) is 6.08. The number of hydrogen-bond donors (Lipinski definition) is 1. The van der Waals surface area contributed by atoms with E-state index in [1.54, 1.807) is 0 Å². The van der Waals surface area contributed by atoms with Crippen LogP contribution in [-0.2, 0) is 6.54 Å². The Labute approximate surface area is 117 Å². The van der Waals surface area contributed by atoms with Gasteiger partial charge in [-0.05, 0) is 51.1 Å². The fourth-order valence-corrected chi connectivity index (χ4v) is 3.24. The molecule has 0 amide bonds. The summed E-state index contributed by atoms with van der Waals surface area (Å²) in [7, 11) is 2.20. The molecule has 0 aliphatic heterocycles. The van der Waals surface area contributed by atoms with Gasteiger partial charge < -0.3 is 4.90 Å². The third-order valence-corrected chi connectivity index (χ3v) is 4.54. The van der Waals surface area contributed by atoms with Crippen molar-refractivity contribution in [3.05, 3.63) is 17.5 Å². The summed E-state index contributed by atoms with van der Waals surface area (Å²) in [5.74, 6) is 0.695. The maximum Gasteiger partial charge on any atom is 0.0535 e. The van der Waals surface area contributed by atoms with Crippen LogP contribution in [0.5, 0.6) is 0 Å². The Balaban J connectivity index is 2.00. The fourth-order valence-electron chi connectivity index (χ4n) is 3.24. The minimum absolute atomic E-state index is 0.537. The molecule has 0 bridgehead atoms. The van der Waals surface area contributed by atoms with Crippen molar-refractivity contribution >= 4 is 0 Å². The topological polar surface area (TPSA) is 31.9 Å². The molecule has 0 radical (unpaired) electrons. The molecule has 1 heterocycles. The average Bonchev–Trinajstić information content (AvgIpc) is 2.77. The van der Waals surface area contributed by atoms with Crippen molar-refractivity contribution in [2.45, 2.75) is 65.3 Å². The normalized spacial score (nSPS) is 20.1. The average molecular weight is 263 g/mol. The Bertz CT molecular complexity index is 384. The first kappa shape index (κ1) is 14.6. The number of nitrogens with one attached hydrogen (secondary N) is 1. The van der Waals surface area contributed by atoms with Gasteiger partial charge in [-0.2, -0.15) is 5.10 Å². The minimum Gasteiger partial charge on any atom is -0.302 e. The second-order valence-electron chi connectivity index (χ2n) is 6.99. The van der Waals surface area contributed by atoms with Gasteiger partial charge in [0.05, 0.1) is 6.20 Å². The number of nitrogens with zero attached hydrogens (tertiary/aromatic N) is 2. The Kier molecular flexibility index (Phi) is 4.67. The highest BCUT2D eigenvalue weighted by Crippen LogP contribution is 2.42. The van der Waals surface area contributed by atoms with E-state index < -0.39 is 0 Å². The summed E-state index contributed by atoms with van der Waals surface area (Å²) >= 11 is 0. The summed E-state index contributed by atoms with van der Waals surface area (Å²) in [6.07, 6.45) is 8.52. The molecule has 3 heteroatoms. The third kappa shape index (κ3) is 3.82. The van der Waals surface area contributed by atoms with Crippen LogP contribution >= 0.6 is 0 Å². The zero-order valence-electron chi connectivity index (χ0n) is 13.0. The molecular weight excluding hydrogens is 234 g/mol. The van der Waals surface area contributed by atoms with Crippen molar-refractivity contribution in [1.29, 1.82) is 0 Å². The van der Waals surface area contributed by atoms with Crippen LogP contribution in [0.2, 0.25) is 0 Å². The lowest BCUT2D eigenvalue weighted by molar-refractivity contribution is 0.221. The van der Waals surface area contributed by atoms with E-state index in [0.717, 1.165) is 13.1 Å². The number of rotatable bonds is 5. The highest BCUT2D eigenvalue weighted by Gasteiger charge is 2.29. The van der Waals surface area contributed by atoms with Gasteiger partial charge in [-0.25, -0.2) is 0 Å². The maximum absolute atomic E-state index is 4.30. The lowest BCUT2D eigenvalue weighted by Gasteiger charge is -2.34. The molecule has 2 rings (SSSR count). The number of hydrogen-bond acceptors (Lipinski definition) is 2. The summed E-state index contributed by atoms with van der Waals surface area (Å²) in [6.45, 7) is 9.20. The summed E-state index contributed by atoms with van der Waals surface area (Å²) in [4.78, 5) is 2.39. The molecule has 0 unspecified atom stereocenters. The zero-order chi connectivity index (χ0) is 13.9. The molecule has 3 nitrogen and oxygen atoms in total. The Hall–Kier alpha value is -0.830. The molecule has 1 saturated carbocycles. The van der Waals surface area contributed by atoms with Crippen molar-refractivity contribution in [1.82, 2.24) is 15.1 Å². The van der Waals surface area contributed by atoms with Gasteiger partial charge in [0.1, 0.15) is 0 Å². The molecular formula is C16H29N3. The SMILES string of the molecule is CCCN(C)Cc1cn[nH]c1C1CCC(C)(C)CC1. The predicted octanol–water partition coefficient (Wildman–Crippen LogP) is 3.94. The van der Waals surface area contributed by atoms with E-state index in [4.69, 9.17) is 0 Å². The predicted molar refractivity (Wildman–Crippen MR) is 80.2 cm³/mol. The van der Waals surface area contributed by atoms with Crippen LogP contribution in [0.4, 0.5) is 0 Å². The number of aromatic amines is 1. The molecule has 0 spiro atoms. The molecule has 1 fully saturated rings. The molecule has 1 N–H and O–H groups in total. The molecule has 1 aromatic heterocycles. The van der Waals surface area contributed by atoms with Crippen LogP contribution in [0.1, 0.15) is 70.1 Å². The molecule has 1 aliphatic carbocycles. The Morgan fingerprint density at radius 1 is 1.37 bits per heavy atom. The van der Waals surface area contributed by atoms with Crippen LogP contribution in [0.15, 0.2) is 6.20 Å². The molecule has 0 saturated heterocycles. The number of aromatic nitrogens is 2. The lowest BCUT2D eigenvalue weighted by atomic mass is 9.72. The molecule has 0 aromatic carbocycles. The monoisotopic (exact) mass is 263 g/mol. The Morgan fingerprint density at radius 2 is 2.05 bits per heavy atom. The summed E-state index contributed by atoms with van der Waals surface area (Å²) in [5, 5.41) is 7.57. The number of H-pyrrole nitrogens is 1. The largest absolute Gasteiger partial charge is 0.302 e. The van der Waals surface area contributed by atoms with Crippen molar-refractivity contribution in [3.8, 4) is 0 Å². The first-order chi connectivity index (χ1) is 9.02. The summed E-state index contributed by atoms with van der Waals surface area (Å²) in [6, 6.07) is 0.